The van der Waals surface area contributed by atoms with Gasteiger partial charge in [0.25, 0.3) is 0 Å². The zero-order chi connectivity index (χ0) is 40.7. The first-order chi connectivity index (χ1) is 30.7. The molecule has 0 radical (unpaired) electrons. The monoisotopic (exact) mass is 790 g/mol. The number of fused-ring (bicyclic) bond motifs is 11. The third-order valence-electron chi connectivity index (χ3n) is 12.4. The quantitative estimate of drug-likeness (QED) is 0.174. The van der Waals surface area contributed by atoms with Gasteiger partial charge in [-0.25, -0.2) is 15.0 Å². The molecule has 0 saturated heterocycles. The molecular formula is C57H34N4O. The number of benzene rings is 10. The second-order valence-electron chi connectivity index (χ2n) is 15.9. The molecule has 0 saturated carbocycles. The van der Waals surface area contributed by atoms with Crippen molar-refractivity contribution in [2.75, 3.05) is 0 Å². The summed E-state index contributed by atoms with van der Waals surface area (Å²) in [6, 6.07) is 72.7. The molecule has 3 aromatic heterocycles. The van der Waals surface area contributed by atoms with Crippen LogP contribution in [0.1, 0.15) is 0 Å². The van der Waals surface area contributed by atoms with Crippen molar-refractivity contribution in [2.24, 2.45) is 0 Å². The molecule has 0 aliphatic rings. The van der Waals surface area contributed by atoms with Gasteiger partial charge in [0.05, 0.1) is 16.7 Å². The van der Waals surface area contributed by atoms with E-state index in [2.05, 4.69) is 162 Å². The SMILES string of the molecule is c1ccc(-c2nc(-c3ccc4oc5ccc6c(-n7c8cc9ccccc9cc8c8ccc9ccccc9c87)cccc6c5c4c3)nc(-c3ccccc3-c3ccccc3)n2)cc1. The molecule has 5 nitrogen and oxygen atoms in total. The molecule has 13 aromatic rings. The normalized spacial score (nSPS) is 11.9. The molecule has 288 valence electrons. The zero-order valence-electron chi connectivity index (χ0n) is 33.3. The number of hydrogen-bond acceptors (Lipinski definition) is 4. The number of aromatic nitrogens is 4. The summed E-state index contributed by atoms with van der Waals surface area (Å²) in [4.78, 5) is 15.4. The molecule has 62 heavy (non-hydrogen) atoms. The summed E-state index contributed by atoms with van der Waals surface area (Å²) in [5.41, 5.74) is 10.1. The largest absolute Gasteiger partial charge is 0.456 e. The van der Waals surface area contributed by atoms with Crippen LogP contribution in [0.4, 0.5) is 0 Å². The average molecular weight is 791 g/mol. The summed E-state index contributed by atoms with van der Waals surface area (Å²) < 4.78 is 9.10. The summed E-state index contributed by atoms with van der Waals surface area (Å²) in [6.45, 7) is 0. The molecule has 0 atom stereocenters. The summed E-state index contributed by atoms with van der Waals surface area (Å²) in [7, 11) is 0. The van der Waals surface area contributed by atoms with Crippen LogP contribution in [0.25, 0.3) is 127 Å². The smallest absolute Gasteiger partial charge is 0.164 e. The third-order valence-corrected chi connectivity index (χ3v) is 12.4. The van der Waals surface area contributed by atoms with Gasteiger partial charge < -0.3 is 8.98 Å². The molecule has 0 fully saturated rings. The van der Waals surface area contributed by atoms with E-state index in [0.717, 1.165) is 66.2 Å². The summed E-state index contributed by atoms with van der Waals surface area (Å²) >= 11 is 0. The van der Waals surface area contributed by atoms with Crippen LogP contribution in [0.2, 0.25) is 0 Å². The first-order valence-electron chi connectivity index (χ1n) is 20.9. The van der Waals surface area contributed by atoms with Crippen LogP contribution in [-0.2, 0) is 0 Å². The second-order valence-corrected chi connectivity index (χ2v) is 15.9. The van der Waals surface area contributed by atoms with Crippen molar-refractivity contribution >= 4 is 76.1 Å². The molecule has 0 bridgehead atoms. The van der Waals surface area contributed by atoms with Crippen molar-refractivity contribution in [3.63, 3.8) is 0 Å². The fourth-order valence-electron chi connectivity index (χ4n) is 9.55. The Balaban J connectivity index is 1.05. The van der Waals surface area contributed by atoms with E-state index in [4.69, 9.17) is 19.4 Å². The molecule has 0 aliphatic heterocycles. The molecule has 0 spiro atoms. The van der Waals surface area contributed by atoms with Gasteiger partial charge in [-0.15, -0.1) is 0 Å². The minimum Gasteiger partial charge on any atom is -0.456 e. The van der Waals surface area contributed by atoms with E-state index < -0.39 is 0 Å². The Morgan fingerprint density at radius 3 is 1.79 bits per heavy atom. The van der Waals surface area contributed by atoms with Crippen molar-refractivity contribution in [1.82, 2.24) is 19.5 Å². The Labute approximate surface area is 355 Å². The minimum atomic E-state index is 0.596. The minimum absolute atomic E-state index is 0.596. The molecule has 13 rings (SSSR count). The maximum absolute atomic E-state index is 6.62. The number of hydrogen-bond donors (Lipinski definition) is 0. The number of nitrogens with zero attached hydrogens (tertiary/aromatic N) is 4. The molecule has 3 heterocycles. The molecule has 0 aliphatic carbocycles. The highest BCUT2D eigenvalue weighted by atomic mass is 16.3. The van der Waals surface area contributed by atoms with Crippen molar-refractivity contribution in [3.8, 4) is 51.0 Å². The Bertz CT molecular complexity index is 3920. The molecule has 5 heteroatoms. The molecule has 0 unspecified atom stereocenters. The predicted molar refractivity (Wildman–Crippen MR) is 256 cm³/mol. The van der Waals surface area contributed by atoms with Gasteiger partial charge in [0.15, 0.2) is 17.5 Å². The van der Waals surface area contributed by atoms with Gasteiger partial charge >= 0.3 is 0 Å². The van der Waals surface area contributed by atoms with E-state index in [0.29, 0.717) is 17.5 Å². The Hall–Kier alpha value is -8.41. The maximum atomic E-state index is 6.62. The third kappa shape index (κ3) is 5.32. The highest BCUT2D eigenvalue weighted by Gasteiger charge is 2.21. The van der Waals surface area contributed by atoms with Crippen LogP contribution in [0.15, 0.2) is 211 Å². The number of furan rings is 1. The van der Waals surface area contributed by atoms with Gasteiger partial charge in [0, 0.05) is 49.0 Å². The van der Waals surface area contributed by atoms with Crippen LogP contribution >= 0.6 is 0 Å². The van der Waals surface area contributed by atoms with Crippen LogP contribution in [0, 0.1) is 0 Å². The van der Waals surface area contributed by atoms with E-state index in [1.807, 2.05) is 48.5 Å². The van der Waals surface area contributed by atoms with Crippen LogP contribution < -0.4 is 0 Å². The van der Waals surface area contributed by atoms with Crippen molar-refractivity contribution in [2.45, 2.75) is 0 Å². The van der Waals surface area contributed by atoms with Gasteiger partial charge in [-0.1, -0.05) is 158 Å². The topological polar surface area (TPSA) is 56.7 Å². The summed E-state index contributed by atoms with van der Waals surface area (Å²) in [5.74, 6) is 1.83. The molecule has 0 amide bonds. The van der Waals surface area contributed by atoms with Crippen LogP contribution in [0.5, 0.6) is 0 Å². The van der Waals surface area contributed by atoms with Gasteiger partial charge in [-0.3, -0.25) is 0 Å². The van der Waals surface area contributed by atoms with E-state index in [-0.39, 0.29) is 0 Å². The van der Waals surface area contributed by atoms with Crippen LogP contribution in [0.3, 0.4) is 0 Å². The van der Waals surface area contributed by atoms with Crippen molar-refractivity contribution < 1.29 is 4.42 Å². The Morgan fingerprint density at radius 1 is 0.339 bits per heavy atom. The standard InChI is InChI=1S/C57H34N4O/c1-3-14-35(15-4-1)41-21-11-12-23-46(41)57-59-55(37-17-5-2-6-18-37)58-56(60-57)40-27-30-51-48(33-40)53-44-24-13-25-49(43(44)29-31-52(53)62-51)61-50-34-39-20-8-7-19-38(39)32-47(50)45-28-26-36-16-9-10-22-42(36)54(45)61/h1-34H. The van der Waals surface area contributed by atoms with E-state index in [9.17, 15) is 0 Å². The molecule has 0 N–H and O–H groups in total. The predicted octanol–water partition coefficient (Wildman–Crippen LogP) is 15.0. The van der Waals surface area contributed by atoms with E-state index in [1.165, 1.54) is 43.4 Å². The van der Waals surface area contributed by atoms with Crippen LogP contribution in [-0.4, -0.2) is 19.5 Å². The maximum Gasteiger partial charge on any atom is 0.164 e. The first kappa shape index (κ1) is 34.5. The van der Waals surface area contributed by atoms with Crippen molar-refractivity contribution in [1.29, 1.82) is 0 Å². The highest BCUT2D eigenvalue weighted by molar-refractivity contribution is 6.24. The molecule has 10 aromatic carbocycles. The lowest BCUT2D eigenvalue weighted by atomic mass is 9.99. The second kappa shape index (κ2) is 13.6. The molecular weight excluding hydrogens is 757 g/mol. The fraction of sp³-hybridized carbons (Fsp3) is 0. The first-order valence-corrected chi connectivity index (χ1v) is 20.9. The summed E-state index contributed by atoms with van der Waals surface area (Å²) in [5, 5.41) is 11.7. The zero-order valence-corrected chi connectivity index (χ0v) is 33.3. The van der Waals surface area contributed by atoms with Gasteiger partial charge in [0.2, 0.25) is 0 Å². The van der Waals surface area contributed by atoms with Crippen molar-refractivity contribution in [3.05, 3.63) is 206 Å². The lowest BCUT2D eigenvalue weighted by molar-refractivity contribution is 0.669. The Kier molecular flexibility index (Phi) is 7.54. The lowest BCUT2D eigenvalue weighted by Gasteiger charge is -2.14. The van der Waals surface area contributed by atoms with E-state index in [1.54, 1.807) is 0 Å². The van der Waals surface area contributed by atoms with Gasteiger partial charge in [0.1, 0.15) is 11.2 Å². The average Bonchev–Trinajstić information content (AvgIpc) is 3.89. The van der Waals surface area contributed by atoms with Gasteiger partial charge in [-0.2, -0.15) is 0 Å². The lowest BCUT2D eigenvalue weighted by Crippen LogP contribution is -2.01. The summed E-state index contributed by atoms with van der Waals surface area (Å²) in [6.07, 6.45) is 0. The Morgan fingerprint density at radius 2 is 0.968 bits per heavy atom. The number of rotatable bonds is 5. The fourth-order valence-corrected chi connectivity index (χ4v) is 9.55. The van der Waals surface area contributed by atoms with E-state index >= 15 is 0 Å². The highest BCUT2D eigenvalue weighted by Crippen LogP contribution is 2.43. The van der Waals surface area contributed by atoms with Gasteiger partial charge in [-0.05, 0) is 81.2 Å².